The summed E-state index contributed by atoms with van der Waals surface area (Å²) in [6.07, 6.45) is 1.79. The Balaban J connectivity index is 2.14. The Morgan fingerprint density at radius 2 is 2.04 bits per heavy atom. The first-order valence-electron chi connectivity index (χ1n) is 7.62. The summed E-state index contributed by atoms with van der Waals surface area (Å²) in [5.41, 5.74) is 4.89. The van der Waals surface area contributed by atoms with Gasteiger partial charge in [0.05, 0.1) is 16.0 Å². The summed E-state index contributed by atoms with van der Waals surface area (Å²) in [5, 5.41) is 11.0. The number of nitrogens with zero attached hydrogens (tertiary/aromatic N) is 2. The first kappa shape index (κ1) is 19.1. The van der Waals surface area contributed by atoms with E-state index >= 15 is 0 Å². The zero-order chi connectivity index (χ0) is 17.7. The summed E-state index contributed by atoms with van der Waals surface area (Å²) in [7, 11) is -4.03. The van der Waals surface area contributed by atoms with Gasteiger partial charge in [0.2, 0.25) is 0 Å². The molecular weight excluding hydrogens is 358 g/mol. The van der Waals surface area contributed by atoms with Crippen molar-refractivity contribution in [1.29, 1.82) is 0 Å². The van der Waals surface area contributed by atoms with Gasteiger partial charge in [0.15, 0.2) is 4.90 Å². The van der Waals surface area contributed by atoms with Crippen LogP contribution in [0.4, 0.5) is 5.69 Å². The average molecular weight is 378 g/mol. The number of ether oxygens (including phenoxy) is 1. The standard InChI is InChI=1S/C14H20ClN3O5S/c15-12-3-1-4-13(18(19)20)14(12)24(21,22)17-8-5-11(6-9-17)23-10-2-7-16/h1,3-4,11H,2,5-10,16H2. The van der Waals surface area contributed by atoms with Crippen LogP contribution in [0, 0.1) is 10.1 Å². The third-order valence-corrected chi connectivity index (χ3v) is 6.26. The second-order valence-electron chi connectivity index (χ2n) is 5.46. The minimum absolute atomic E-state index is 0.0239. The molecule has 24 heavy (non-hydrogen) atoms. The molecule has 0 aliphatic carbocycles. The maximum absolute atomic E-state index is 12.8. The molecule has 1 aliphatic rings. The van der Waals surface area contributed by atoms with Crippen LogP contribution in [0.1, 0.15) is 19.3 Å². The SMILES string of the molecule is NCCCOC1CCN(S(=O)(=O)c2c(Cl)cccc2[N+](=O)[O-])CC1. The predicted molar refractivity (Wildman–Crippen MR) is 89.5 cm³/mol. The lowest BCUT2D eigenvalue weighted by atomic mass is 10.1. The first-order chi connectivity index (χ1) is 11.4. The van der Waals surface area contributed by atoms with Crippen molar-refractivity contribution in [2.24, 2.45) is 5.73 Å². The lowest BCUT2D eigenvalue weighted by Crippen LogP contribution is -2.41. The smallest absolute Gasteiger partial charge is 0.290 e. The topological polar surface area (TPSA) is 116 Å². The summed E-state index contributed by atoms with van der Waals surface area (Å²) < 4.78 is 32.4. The summed E-state index contributed by atoms with van der Waals surface area (Å²) in [6, 6.07) is 3.84. The number of benzene rings is 1. The first-order valence-corrected chi connectivity index (χ1v) is 9.44. The van der Waals surface area contributed by atoms with Gasteiger partial charge in [-0.1, -0.05) is 17.7 Å². The van der Waals surface area contributed by atoms with E-state index in [-0.39, 0.29) is 24.2 Å². The van der Waals surface area contributed by atoms with E-state index in [0.29, 0.717) is 26.0 Å². The lowest BCUT2D eigenvalue weighted by molar-refractivity contribution is -0.387. The van der Waals surface area contributed by atoms with Crippen LogP contribution in [0.2, 0.25) is 5.02 Å². The maximum atomic E-state index is 12.8. The molecule has 10 heteroatoms. The fourth-order valence-corrected chi connectivity index (χ4v) is 4.73. The molecule has 0 amide bonds. The van der Waals surface area contributed by atoms with Crippen molar-refractivity contribution < 1.29 is 18.1 Å². The van der Waals surface area contributed by atoms with E-state index in [9.17, 15) is 18.5 Å². The molecule has 0 aromatic heterocycles. The number of halogens is 1. The molecule has 0 atom stereocenters. The molecule has 0 saturated carbocycles. The van der Waals surface area contributed by atoms with E-state index in [4.69, 9.17) is 22.1 Å². The summed E-state index contributed by atoms with van der Waals surface area (Å²) in [5.74, 6) is 0. The minimum Gasteiger partial charge on any atom is -0.378 e. The van der Waals surface area contributed by atoms with Gasteiger partial charge in [0, 0.05) is 25.8 Å². The monoisotopic (exact) mass is 377 g/mol. The van der Waals surface area contributed by atoms with Crippen LogP contribution < -0.4 is 5.73 Å². The highest BCUT2D eigenvalue weighted by Crippen LogP contribution is 2.34. The van der Waals surface area contributed by atoms with Gasteiger partial charge in [-0.3, -0.25) is 10.1 Å². The maximum Gasteiger partial charge on any atom is 0.290 e. The van der Waals surface area contributed by atoms with E-state index < -0.39 is 25.5 Å². The molecule has 1 saturated heterocycles. The Kier molecular flexibility index (Phi) is 6.53. The molecule has 1 fully saturated rings. The van der Waals surface area contributed by atoms with E-state index in [1.807, 2.05) is 0 Å². The Hall–Kier alpha value is -1.26. The quantitative estimate of drug-likeness (QED) is 0.439. The zero-order valence-corrected chi connectivity index (χ0v) is 14.6. The molecule has 2 N–H and O–H groups in total. The van der Waals surface area contributed by atoms with Gasteiger partial charge >= 0.3 is 0 Å². The van der Waals surface area contributed by atoms with Crippen LogP contribution in [0.5, 0.6) is 0 Å². The van der Waals surface area contributed by atoms with Crippen molar-refractivity contribution in [3.63, 3.8) is 0 Å². The Morgan fingerprint density at radius 1 is 1.38 bits per heavy atom. The van der Waals surface area contributed by atoms with Crippen molar-refractivity contribution in [1.82, 2.24) is 4.31 Å². The number of nitro groups is 1. The third kappa shape index (κ3) is 4.22. The number of hydrogen-bond acceptors (Lipinski definition) is 6. The van der Waals surface area contributed by atoms with Crippen LogP contribution in [0.25, 0.3) is 0 Å². The minimum atomic E-state index is -4.03. The molecule has 1 aromatic rings. The van der Waals surface area contributed by atoms with Crippen LogP contribution in [0.15, 0.2) is 23.1 Å². The van der Waals surface area contributed by atoms with E-state index in [2.05, 4.69) is 0 Å². The van der Waals surface area contributed by atoms with Crippen molar-refractivity contribution in [2.75, 3.05) is 26.2 Å². The molecule has 8 nitrogen and oxygen atoms in total. The largest absolute Gasteiger partial charge is 0.378 e. The van der Waals surface area contributed by atoms with Crippen LogP contribution in [-0.2, 0) is 14.8 Å². The van der Waals surface area contributed by atoms with Crippen LogP contribution in [-0.4, -0.2) is 50.0 Å². The summed E-state index contributed by atoms with van der Waals surface area (Å²) in [6.45, 7) is 1.56. The number of rotatable bonds is 7. The van der Waals surface area contributed by atoms with Crippen molar-refractivity contribution in [3.8, 4) is 0 Å². The molecule has 0 unspecified atom stereocenters. The van der Waals surface area contributed by atoms with Gasteiger partial charge in [-0.15, -0.1) is 0 Å². The van der Waals surface area contributed by atoms with Gasteiger partial charge in [-0.25, -0.2) is 8.42 Å². The molecule has 1 heterocycles. The fourth-order valence-electron chi connectivity index (χ4n) is 2.60. The van der Waals surface area contributed by atoms with Gasteiger partial charge in [-0.05, 0) is 31.9 Å². The number of nitrogens with two attached hydrogens (primary N) is 1. The molecule has 2 rings (SSSR count). The molecule has 1 aromatic carbocycles. The zero-order valence-electron chi connectivity index (χ0n) is 13.1. The lowest BCUT2D eigenvalue weighted by Gasteiger charge is -2.31. The van der Waals surface area contributed by atoms with Crippen molar-refractivity contribution >= 4 is 27.3 Å². The third-order valence-electron chi connectivity index (χ3n) is 3.84. The Morgan fingerprint density at radius 3 is 2.62 bits per heavy atom. The predicted octanol–water partition coefficient (Wildman–Crippen LogP) is 1.77. The number of sulfonamides is 1. The Labute approximate surface area is 145 Å². The molecule has 0 bridgehead atoms. The van der Waals surface area contributed by atoms with Crippen molar-refractivity contribution in [3.05, 3.63) is 33.3 Å². The number of hydrogen-bond donors (Lipinski definition) is 1. The fraction of sp³-hybridized carbons (Fsp3) is 0.571. The normalized spacial score (nSPS) is 17.1. The molecular formula is C14H20ClN3O5S. The highest BCUT2D eigenvalue weighted by atomic mass is 35.5. The van der Waals surface area contributed by atoms with Gasteiger partial charge in [0.1, 0.15) is 0 Å². The number of piperidine rings is 1. The van der Waals surface area contributed by atoms with E-state index in [0.717, 1.165) is 12.5 Å². The summed E-state index contributed by atoms with van der Waals surface area (Å²) in [4.78, 5) is 9.96. The van der Waals surface area contributed by atoms with Gasteiger partial charge in [-0.2, -0.15) is 4.31 Å². The van der Waals surface area contributed by atoms with E-state index in [1.165, 1.54) is 16.4 Å². The summed E-state index contributed by atoms with van der Waals surface area (Å²) >= 11 is 5.94. The molecule has 0 spiro atoms. The molecule has 134 valence electrons. The second-order valence-corrected chi connectivity index (χ2v) is 7.74. The molecule has 0 radical (unpaired) electrons. The molecule has 1 aliphatic heterocycles. The Bertz CT molecular complexity index is 690. The van der Waals surface area contributed by atoms with Gasteiger partial charge < -0.3 is 10.5 Å². The van der Waals surface area contributed by atoms with E-state index in [1.54, 1.807) is 0 Å². The van der Waals surface area contributed by atoms with Crippen molar-refractivity contribution in [2.45, 2.75) is 30.3 Å². The second kappa shape index (κ2) is 8.21. The highest BCUT2D eigenvalue weighted by Gasteiger charge is 2.36. The van der Waals surface area contributed by atoms with Gasteiger partial charge in [0.25, 0.3) is 15.7 Å². The van der Waals surface area contributed by atoms with Crippen LogP contribution >= 0.6 is 11.6 Å². The highest BCUT2D eigenvalue weighted by molar-refractivity contribution is 7.89. The average Bonchev–Trinajstić information content (AvgIpc) is 2.55. The van der Waals surface area contributed by atoms with Crippen LogP contribution in [0.3, 0.4) is 0 Å². The number of nitro benzene ring substituents is 1.